The number of benzene rings is 8. The summed E-state index contributed by atoms with van der Waals surface area (Å²) in [5, 5.41) is 38.4. The molecule has 514 valence electrons. The van der Waals surface area contributed by atoms with E-state index in [0.29, 0.717) is 24.3 Å². The third-order valence-corrected chi connectivity index (χ3v) is 23.0. The van der Waals surface area contributed by atoms with Gasteiger partial charge in [-0.25, -0.2) is 0 Å². The minimum absolute atomic E-state index is 0.289. The van der Waals surface area contributed by atoms with Crippen molar-refractivity contribution in [2.45, 2.75) is 233 Å². The Morgan fingerprint density at radius 3 is 0.854 bits per heavy atom. The molecule has 0 aliphatic rings. The summed E-state index contributed by atoms with van der Waals surface area (Å²) in [7, 11) is 0. The van der Waals surface area contributed by atoms with Crippen LogP contribution in [-0.4, -0.2) is 10.2 Å². The molecule has 0 aliphatic carbocycles. The SMILES string of the molecule is CCCCCCCCc1ccc(O)c(Cc2cc(CCCCCCCC)c(CCc3cc(OP(=S)(Nc4ccccc4)Nc4ccccc4)c(Cc4cc(CCCCCCCC)ccc4O)cc3CCCCCCCC)cc2OP(=S)(Nc2ccccc2)Nc2ccccc2)c1. The van der Waals surface area contributed by atoms with Gasteiger partial charge in [0.1, 0.15) is 23.0 Å². The highest BCUT2D eigenvalue weighted by Crippen LogP contribution is 2.51. The maximum atomic E-state index is 11.8. The molecule has 0 heterocycles. The minimum atomic E-state index is -3.16. The maximum Gasteiger partial charge on any atom is 0.299 e. The summed E-state index contributed by atoms with van der Waals surface area (Å²) in [5.74, 6) is 1.99. The van der Waals surface area contributed by atoms with E-state index in [9.17, 15) is 10.2 Å². The monoisotopic (exact) mass is 1370 g/mol. The van der Waals surface area contributed by atoms with Crippen LogP contribution in [0.3, 0.4) is 0 Å². The zero-order valence-corrected chi connectivity index (χ0v) is 61.8. The van der Waals surface area contributed by atoms with Crippen LogP contribution in [0.2, 0.25) is 0 Å². The molecule has 8 aromatic carbocycles. The number of hydrogen-bond donors (Lipinski definition) is 6. The molecule has 8 nitrogen and oxygen atoms in total. The largest absolute Gasteiger partial charge is 0.508 e. The molecule has 0 saturated carbocycles. The average Bonchev–Trinajstić information content (AvgIpc) is 0.799. The number of rotatable bonds is 47. The molecule has 0 bridgehead atoms. The summed E-state index contributed by atoms with van der Waals surface area (Å²) >= 11 is 13.5. The summed E-state index contributed by atoms with van der Waals surface area (Å²) in [6.45, 7) is 2.79. The molecule has 96 heavy (non-hydrogen) atoms. The second-order valence-corrected chi connectivity index (χ2v) is 33.1. The van der Waals surface area contributed by atoms with E-state index in [-0.39, 0.29) is 11.5 Å². The second kappa shape index (κ2) is 41.7. The van der Waals surface area contributed by atoms with Gasteiger partial charge < -0.3 is 39.6 Å². The third kappa shape index (κ3) is 26.0. The average molecular weight is 1370 g/mol. The fourth-order valence-electron chi connectivity index (χ4n) is 12.9. The molecular formula is C84H112N4O4P2S2. The topological polar surface area (TPSA) is 107 Å². The molecule has 0 spiro atoms. The van der Waals surface area contributed by atoms with E-state index in [0.717, 1.165) is 122 Å². The normalized spacial score (nSPS) is 11.6. The van der Waals surface area contributed by atoms with E-state index in [1.807, 2.05) is 133 Å². The summed E-state index contributed by atoms with van der Waals surface area (Å²) in [5.41, 5.74) is 14.7. The fourth-order valence-corrected chi connectivity index (χ4v) is 17.8. The molecule has 12 heteroatoms. The first-order valence-corrected chi connectivity index (χ1v) is 42.2. The van der Waals surface area contributed by atoms with Crippen molar-refractivity contribution < 1.29 is 19.3 Å². The Balaban J connectivity index is 1.26. The highest BCUT2D eigenvalue weighted by molar-refractivity contribution is 8.14. The Labute approximate surface area is 589 Å². The van der Waals surface area contributed by atoms with Crippen molar-refractivity contribution in [2.75, 3.05) is 20.3 Å². The van der Waals surface area contributed by atoms with Crippen LogP contribution in [0.25, 0.3) is 0 Å². The number of para-hydroxylation sites is 4. The lowest BCUT2D eigenvalue weighted by atomic mass is 9.88. The minimum Gasteiger partial charge on any atom is -0.508 e. The molecule has 0 aliphatic heterocycles. The van der Waals surface area contributed by atoms with Crippen LogP contribution in [0.4, 0.5) is 22.7 Å². The number of aromatic hydroxyl groups is 2. The van der Waals surface area contributed by atoms with Crippen LogP contribution >= 0.6 is 13.1 Å². The summed E-state index contributed by atoms with van der Waals surface area (Å²) in [4.78, 5) is 0. The first kappa shape index (κ1) is 75.2. The van der Waals surface area contributed by atoms with Gasteiger partial charge in [0.2, 0.25) is 0 Å². The maximum absolute atomic E-state index is 11.8. The van der Waals surface area contributed by atoms with Crippen molar-refractivity contribution in [2.24, 2.45) is 0 Å². The predicted octanol–water partition coefficient (Wildman–Crippen LogP) is 25.3. The van der Waals surface area contributed by atoms with E-state index >= 15 is 0 Å². The van der Waals surface area contributed by atoms with Gasteiger partial charge in [0.25, 0.3) is 13.1 Å². The van der Waals surface area contributed by atoms with Crippen LogP contribution in [0.1, 0.15) is 237 Å². The van der Waals surface area contributed by atoms with Crippen LogP contribution < -0.4 is 29.4 Å². The molecule has 8 aromatic rings. The van der Waals surface area contributed by atoms with Gasteiger partial charge in [-0.3, -0.25) is 0 Å². The number of phenols is 2. The Morgan fingerprint density at radius 1 is 0.281 bits per heavy atom. The molecule has 0 saturated heterocycles. The van der Waals surface area contributed by atoms with Crippen molar-refractivity contribution in [3.8, 4) is 23.0 Å². The van der Waals surface area contributed by atoms with Crippen LogP contribution in [0.15, 0.2) is 182 Å². The smallest absolute Gasteiger partial charge is 0.299 e. The summed E-state index contributed by atoms with van der Waals surface area (Å²) in [6.07, 6.45) is 35.2. The van der Waals surface area contributed by atoms with Gasteiger partial charge in [-0.05, 0) is 216 Å². The molecule has 0 fully saturated rings. The zero-order valence-electron chi connectivity index (χ0n) is 58.4. The van der Waals surface area contributed by atoms with Crippen molar-refractivity contribution in [3.63, 3.8) is 0 Å². The molecule has 8 rings (SSSR count). The van der Waals surface area contributed by atoms with Crippen LogP contribution in [-0.2, 0) is 75.0 Å². The number of phenolic OH excluding ortho intramolecular Hbond substituents is 2. The van der Waals surface area contributed by atoms with Gasteiger partial charge in [-0.2, -0.15) is 0 Å². The Hall–Kier alpha value is -6.54. The standard InChI is InChI=1S/C84H112N4O4P2S2/c1-5-9-13-17-21-29-41-67-53-57-81(89)73(59-67)63-75-61-69(43-31-23-19-15-11-7-3)71(65-83(75)91-93(95,85-77-45-33-25-34-46-77)86-78-47-35-26-36-48-78)55-56-72-66-84(92-94(96,87-79-49-37-27-38-50-79)88-80-51-39-28-40-52-80)76(62-70(72)44-32-24-20-16-12-8-4)64-74-60-68(54-58-82(74)90)42-30-22-18-14-10-6-2/h25-28,33-40,45-54,57-62,65-66,89-90H,5-24,29-32,41-44,55-56,63-64H2,1-4H3,(H2,85,86,95)(H2,87,88,96). The van der Waals surface area contributed by atoms with Gasteiger partial charge in [0.15, 0.2) is 0 Å². The van der Waals surface area contributed by atoms with Gasteiger partial charge in [-0.15, -0.1) is 0 Å². The molecule has 0 unspecified atom stereocenters. The fraction of sp³-hybridized carbons (Fsp3) is 0.429. The van der Waals surface area contributed by atoms with Crippen LogP contribution in [0, 0.1) is 0 Å². The second-order valence-electron chi connectivity index (χ2n) is 26.5. The van der Waals surface area contributed by atoms with Crippen LogP contribution in [0.5, 0.6) is 23.0 Å². The van der Waals surface area contributed by atoms with E-state index < -0.39 is 13.1 Å². The van der Waals surface area contributed by atoms with E-state index in [1.54, 1.807) is 0 Å². The van der Waals surface area contributed by atoms with Gasteiger partial charge in [-0.1, -0.05) is 265 Å². The quantitative estimate of drug-likeness (QED) is 0.0163. The van der Waals surface area contributed by atoms with E-state index in [4.69, 9.17) is 32.7 Å². The first-order chi connectivity index (χ1) is 46.9. The van der Waals surface area contributed by atoms with Crippen molar-refractivity contribution in [3.05, 3.63) is 238 Å². The highest BCUT2D eigenvalue weighted by Gasteiger charge is 2.27. The predicted molar refractivity (Wildman–Crippen MR) is 421 cm³/mol. The molecule has 0 aromatic heterocycles. The lowest BCUT2D eigenvalue weighted by Crippen LogP contribution is -2.14. The van der Waals surface area contributed by atoms with Gasteiger partial charge in [0.05, 0.1) is 0 Å². The Morgan fingerprint density at radius 2 is 0.552 bits per heavy atom. The molecule has 0 amide bonds. The summed E-state index contributed by atoms with van der Waals surface area (Å²) in [6, 6.07) is 62.3. The third-order valence-electron chi connectivity index (χ3n) is 18.4. The van der Waals surface area contributed by atoms with E-state index in [2.05, 4.69) is 96.6 Å². The number of unbranched alkanes of at least 4 members (excludes halogenated alkanes) is 20. The molecule has 6 N–H and O–H groups in total. The van der Waals surface area contributed by atoms with E-state index in [1.165, 1.54) is 149 Å². The number of aryl methyl sites for hydroxylation is 6. The number of anilines is 4. The zero-order chi connectivity index (χ0) is 67.5. The first-order valence-electron chi connectivity index (χ1n) is 36.8. The van der Waals surface area contributed by atoms with Crippen molar-refractivity contribution in [1.82, 2.24) is 0 Å². The molecular weight excluding hydrogens is 1260 g/mol. The van der Waals surface area contributed by atoms with Gasteiger partial charge >= 0.3 is 0 Å². The summed E-state index contributed by atoms with van der Waals surface area (Å²) < 4.78 is 15.0. The molecule has 0 radical (unpaired) electrons. The lowest BCUT2D eigenvalue weighted by molar-refractivity contribution is 0.468. The highest BCUT2D eigenvalue weighted by atomic mass is 32.5. The Kier molecular flexibility index (Phi) is 32.6. The molecule has 0 atom stereocenters. The lowest BCUT2D eigenvalue weighted by Gasteiger charge is -2.29. The van der Waals surface area contributed by atoms with Crippen molar-refractivity contribution >= 4 is 59.5 Å². The van der Waals surface area contributed by atoms with Gasteiger partial charge in [0, 0.05) is 35.6 Å². The Bertz CT molecular complexity index is 3300. The number of nitrogens with one attached hydrogen (secondary N) is 4. The van der Waals surface area contributed by atoms with Crippen molar-refractivity contribution in [1.29, 1.82) is 0 Å². The number of hydrogen-bond acceptors (Lipinski definition) is 6.